The summed E-state index contributed by atoms with van der Waals surface area (Å²) in [6.45, 7) is 1.04. The van der Waals surface area contributed by atoms with Crippen LogP contribution in [-0.4, -0.2) is 23.7 Å². The molecular weight excluding hydrogens is 130 g/mol. The molecule has 2 N–H and O–H groups in total. The zero-order chi connectivity index (χ0) is 7.14. The normalized spacial score (nSPS) is 44.2. The standard InChI is InChI=1S/C7H11NO2/c9-7(10)5-1-4-2-6(5)8-3-4/h4-6,8H,1-3H2,(H,9,10)/t4-,5-,6+/m1/s1. The summed E-state index contributed by atoms with van der Waals surface area (Å²) in [7, 11) is 0. The van der Waals surface area contributed by atoms with Gasteiger partial charge in [-0.05, 0) is 25.3 Å². The number of piperidine rings is 1. The molecule has 1 saturated carbocycles. The number of nitrogens with one attached hydrogen (secondary N) is 1. The summed E-state index contributed by atoms with van der Waals surface area (Å²) in [6, 6.07) is 0.280. The number of hydrogen-bond donors (Lipinski definition) is 2. The van der Waals surface area contributed by atoms with E-state index in [9.17, 15) is 4.79 Å². The van der Waals surface area contributed by atoms with Crippen molar-refractivity contribution >= 4 is 5.97 Å². The van der Waals surface area contributed by atoms with Crippen LogP contribution in [0, 0.1) is 11.8 Å². The van der Waals surface area contributed by atoms with E-state index in [4.69, 9.17) is 5.11 Å². The Balaban J connectivity index is 2.08. The summed E-state index contributed by atoms with van der Waals surface area (Å²) in [4.78, 5) is 10.6. The van der Waals surface area contributed by atoms with Crippen LogP contribution in [0.4, 0.5) is 0 Å². The van der Waals surface area contributed by atoms with Crippen LogP contribution in [0.2, 0.25) is 0 Å². The zero-order valence-corrected chi connectivity index (χ0v) is 5.71. The predicted octanol–water partition coefficient (Wildman–Crippen LogP) is 0.0690. The number of carboxylic acids is 1. The molecule has 0 radical (unpaired) electrons. The second-order valence-corrected chi connectivity index (χ2v) is 3.30. The van der Waals surface area contributed by atoms with E-state index in [1.54, 1.807) is 0 Å². The van der Waals surface area contributed by atoms with Crippen LogP contribution in [-0.2, 0) is 4.79 Å². The summed E-state index contributed by atoms with van der Waals surface area (Å²) in [5.41, 5.74) is 0. The van der Waals surface area contributed by atoms with Crippen LogP contribution in [0.15, 0.2) is 0 Å². The monoisotopic (exact) mass is 141 g/mol. The fraction of sp³-hybridized carbons (Fsp3) is 0.857. The molecule has 3 heteroatoms. The van der Waals surface area contributed by atoms with E-state index in [0.717, 1.165) is 19.4 Å². The SMILES string of the molecule is O=C(O)[C@@H]1C[C@H]2CN[C@H]1C2. The Morgan fingerprint density at radius 3 is 2.60 bits per heavy atom. The van der Waals surface area contributed by atoms with Crippen LogP contribution < -0.4 is 5.32 Å². The molecule has 0 spiro atoms. The molecule has 0 amide bonds. The van der Waals surface area contributed by atoms with Gasteiger partial charge in [0.1, 0.15) is 0 Å². The maximum atomic E-state index is 10.6. The van der Waals surface area contributed by atoms with Gasteiger partial charge in [-0.1, -0.05) is 0 Å². The highest BCUT2D eigenvalue weighted by Crippen LogP contribution is 2.35. The van der Waals surface area contributed by atoms with Gasteiger partial charge in [-0.25, -0.2) is 0 Å². The molecule has 0 aromatic carbocycles. The van der Waals surface area contributed by atoms with Crippen molar-refractivity contribution in [2.24, 2.45) is 11.8 Å². The maximum Gasteiger partial charge on any atom is 0.308 e. The Labute approximate surface area is 59.4 Å². The highest BCUT2D eigenvalue weighted by atomic mass is 16.4. The molecule has 0 unspecified atom stereocenters. The third kappa shape index (κ3) is 0.736. The number of aliphatic carboxylic acids is 1. The van der Waals surface area contributed by atoms with Crippen molar-refractivity contribution < 1.29 is 9.90 Å². The van der Waals surface area contributed by atoms with Crippen molar-refractivity contribution in [3.05, 3.63) is 0 Å². The summed E-state index contributed by atoms with van der Waals surface area (Å²) >= 11 is 0. The molecule has 1 aliphatic carbocycles. The average Bonchev–Trinajstić information content (AvgIpc) is 2.44. The van der Waals surface area contributed by atoms with Gasteiger partial charge in [-0.15, -0.1) is 0 Å². The van der Waals surface area contributed by atoms with E-state index < -0.39 is 5.97 Å². The van der Waals surface area contributed by atoms with Gasteiger partial charge in [0, 0.05) is 6.04 Å². The Kier molecular flexibility index (Phi) is 1.20. The van der Waals surface area contributed by atoms with E-state index in [1.165, 1.54) is 0 Å². The summed E-state index contributed by atoms with van der Waals surface area (Å²) in [5, 5.41) is 11.9. The molecule has 2 aliphatic rings. The Morgan fingerprint density at radius 1 is 1.50 bits per heavy atom. The predicted molar refractivity (Wildman–Crippen MR) is 35.6 cm³/mol. The first-order chi connectivity index (χ1) is 4.77. The summed E-state index contributed by atoms with van der Waals surface area (Å²) in [5.74, 6) is -0.0791. The van der Waals surface area contributed by atoms with Crippen LogP contribution in [0.25, 0.3) is 0 Å². The molecule has 3 nitrogen and oxygen atoms in total. The van der Waals surface area contributed by atoms with Crippen LogP contribution in [0.3, 0.4) is 0 Å². The summed E-state index contributed by atoms with van der Waals surface area (Å²) < 4.78 is 0. The quantitative estimate of drug-likeness (QED) is 0.543. The first kappa shape index (κ1) is 6.16. The van der Waals surface area contributed by atoms with Gasteiger partial charge in [0.05, 0.1) is 5.92 Å². The van der Waals surface area contributed by atoms with Gasteiger partial charge < -0.3 is 10.4 Å². The third-order valence-electron chi connectivity index (χ3n) is 2.65. The number of carboxylic acid groups (broad SMARTS) is 1. The lowest BCUT2D eigenvalue weighted by Crippen LogP contribution is -2.36. The van der Waals surface area contributed by atoms with Crippen LogP contribution >= 0.6 is 0 Å². The molecule has 2 bridgehead atoms. The second-order valence-electron chi connectivity index (χ2n) is 3.30. The minimum atomic E-state index is -0.625. The Morgan fingerprint density at radius 2 is 2.30 bits per heavy atom. The number of hydrogen-bond acceptors (Lipinski definition) is 2. The maximum absolute atomic E-state index is 10.6. The average molecular weight is 141 g/mol. The van der Waals surface area contributed by atoms with Gasteiger partial charge in [0.2, 0.25) is 0 Å². The van der Waals surface area contributed by atoms with Gasteiger partial charge in [0.25, 0.3) is 0 Å². The van der Waals surface area contributed by atoms with Gasteiger partial charge in [-0.2, -0.15) is 0 Å². The van der Waals surface area contributed by atoms with Gasteiger partial charge in [-0.3, -0.25) is 4.79 Å². The first-order valence-corrected chi connectivity index (χ1v) is 3.73. The van der Waals surface area contributed by atoms with Crippen LogP contribution in [0.5, 0.6) is 0 Å². The minimum absolute atomic E-state index is 0.0984. The van der Waals surface area contributed by atoms with Crippen molar-refractivity contribution in [3.63, 3.8) is 0 Å². The smallest absolute Gasteiger partial charge is 0.308 e. The lowest BCUT2D eigenvalue weighted by atomic mass is 10.0. The van der Waals surface area contributed by atoms with E-state index in [0.29, 0.717) is 5.92 Å². The highest BCUT2D eigenvalue weighted by molar-refractivity contribution is 5.71. The molecule has 1 aliphatic heterocycles. The number of carbonyl (C=O) groups is 1. The molecule has 0 aromatic heterocycles. The molecule has 56 valence electrons. The van der Waals surface area contributed by atoms with E-state index in [1.807, 2.05) is 0 Å². The third-order valence-corrected chi connectivity index (χ3v) is 2.65. The molecule has 3 atom stereocenters. The van der Waals surface area contributed by atoms with Crippen molar-refractivity contribution in [1.82, 2.24) is 5.32 Å². The first-order valence-electron chi connectivity index (χ1n) is 3.73. The van der Waals surface area contributed by atoms with Gasteiger partial charge >= 0.3 is 5.97 Å². The lowest BCUT2D eigenvalue weighted by molar-refractivity contribution is -0.142. The van der Waals surface area contributed by atoms with Gasteiger partial charge in [0.15, 0.2) is 0 Å². The molecule has 10 heavy (non-hydrogen) atoms. The second kappa shape index (κ2) is 1.95. The number of fused-ring (bicyclic) bond motifs is 2. The minimum Gasteiger partial charge on any atom is -0.481 e. The summed E-state index contributed by atoms with van der Waals surface area (Å²) in [6.07, 6.45) is 1.98. The fourth-order valence-electron chi connectivity index (χ4n) is 2.13. The van der Waals surface area contributed by atoms with E-state index in [2.05, 4.69) is 5.32 Å². The molecule has 1 saturated heterocycles. The van der Waals surface area contributed by atoms with Crippen LogP contribution in [0.1, 0.15) is 12.8 Å². The Bertz CT molecular complexity index is 169. The topological polar surface area (TPSA) is 49.3 Å². The van der Waals surface area contributed by atoms with Crippen molar-refractivity contribution in [2.45, 2.75) is 18.9 Å². The lowest BCUT2D eigenvalue weighted by Gasteiger charge is -2.17. The molecule has 2 fully saturated rings. The van der Waals surface area contributed by atoms with Crippen molar-refractivity contribution in [2.75, 3.05) is 6.54 Å². The van der Waals surface area contributed by atoms with Crippen molar-refractivity contribution in [3.8, 4) is 0 Å². The zero-order valence-electron chi connectivity index (χ0n) is 5.71. The van der Waals surface area contributed by atoms with E-state index in [-0.39, 0.29) is 12.0 Å². The molecule has 0 aromatic rings. The number of rotatable bonds is 1. The van der Waals surface area contributed by atoms with E-state index >= 15 is 0 Å². The molecule has 1 heterocycles. The fourth-order valence-corrected chi connectivity index (χ4v) is 2.13. The molecular formula is C7H11NO2. The highest BCUT2D eigenvalue weighted by Gasteiger charge is 2.42. The Hall–Kier alpha value is -0.570. The molecule has 2 rings (SSSR count). The van der Waals surface area contributed by atoms with Crippen molar-refractivity contribution in [1.29, 1.82) is 0 Å². The largest absolute Gasteiger partial charge is 0.481 e.